The molecule has 7 aromatic rings. The summed E-state index contributed by atoms with van der Waals surface area (Å²) in [5, 5.41) is 7.42. The topological polar surface area (TPSA) is 0 Å². The van der Waals surface area contributed by atoms with Crippen LogP contribution in [0.2, 0.25) is 0 Å². The molecule has 0 saturated heterocycles. The van der Waals surface area contributed by atoms with Crippen molar-refractivity contribution in [3.05, 3.63) is 158 Å². The van der Waals surface area contributed by atoms with Crippen molar-refractivity contribution in [2.45, 2.75) is 0 Å². The molecule has 0 atom stereocenters. The molecular weight excluding hydrogens is 480 g/mol. The fourth-order valence-corrected chi connectivity index (χ4v) is 6.03. The molecule has 0 bridgehead atoms. The number of fused-ring (bicyclic) bond motifs is 4. The van der Waals surface area contributed by atoms with Crippen LogP contribution in [0.1, 0.15) is 11.1 Å². The number of hydrogen-bond acceptors (Lipinski definition) is 0. The molecule has 40 heavy (non-hydrogen) atoms. The van der Waals surface area contributed by atoms with Crippen LogP contribution in [0.3, 0.4) is 0 Å². The SMILES string of the molecule is C=Cc1c(-c2ccccc2)cc2c(cc(-c3ccc(-c4ccc5ccccc5c4)cc3)c3ccccc32)c1C=C. The lowest BCUT2D eigenvalue weighted by molar-refractivity contribution is 1.60. The second-order valence-electron chi connectivity index (χ2n) is 10.2. The van der Waals surface area contributed by atoms with Gasteiger partial charge in [0.2, 0.25) is 0 Å². The van der Waals surface area contributed by atoms with Crippen molar-refractivity contribution in [1.29, 1.82) is 0 Å². The predicted molar refractivity (Wildman–Crippen MR) is 175 cm³/mol. The summed E-state index contributed by atoms with van der Waals surface area (Å²) in [5.74, 6) is 0. The van der Waals surface area contributed by atoms with E-state index in [0.29, 0.717) is 0 Å². The first-order chi connectivity index (χ1) is 19.7. The van der Waals surface area contributed by atoms with Crippen molar-refractivity contribution in [3.8, 4) is 33.4 Å². The molecule has 0 aliphatic heterocycles. The van der Waals surface area contributed by atoms with E-state index in [2.05, 4.69) is 147 Å². The van der Waals surface area contributed by atoms with Gasteiger partial charge in [0.15, 0.2) is 0 Å². The van der Waals surface area contributed by atoms with Crippen LogP contribution < -0.4 is 0 Å². The van der Waals surface area contributed by atoms with Crippen molar-refractivity contribution < 1.29 is 0 Å². The van der Waals surface area contributed by atoms with Crippen LogP contribution in [0.4, 0.5) is 0 Å². The molecule has 0 nitrogen and oxygen atoms in total. The Morgan fingerprint density at radius 1 is 0.350 bits per heavy atom. The molecule has 0 unspecified atom stereocenters. The summed E-state index contributed by atoms with van der Waals surface area (Å²) in [6.45, 7) is 8.41. The third-order valence-corrected chi connectivity index (χ3v) is 8.02. The van der Waals surface area contributed by atoms with Crippen molar-refractivity contribution in [2.24, 2.45) is 0 Å². The average molecular weight is 509 g/mol. The van der Waals surface area contributed by atoms with Gasteiger partial charge >= 0.3 is 0 Å². The van der Waals surface area contributed by atoms with E-state index in [1.165, 1.54) is 65.7 Å². The average Bonchev–Trinajstić information content (AvgIpc) is 3.03. The summed E-state index contributed by atoms with van der Waals surface area (Å²) in [5.41, 5.74) is 9.45. The predicted octanol–water partition coefficient (Wildman–Crippen LogP) is 11.4. The van der Waals surface area contributed by atoms with E-state index in [0.717, 1.165) is 11.1 Å². The molecule has 7 rings (SSSR count). The number of hydrogen-bond donors (Lipinski definition) is 0. The molecule has 0 aliphatic rings. The Balaban J connectivity index is 1.43. The van der Waals surface area contributed by atoms with Crippen molar-refractivity contribution in [2.75, 3.05) is 0 Å². The minimum absolute atomic E-state index is 1.11. The molecule has 0 heterocycles. The maximum atomic E-state index is 4.23. The maximum absolute atomic E-state index is 4.23. The van der Waals surface area contributed by atoms with Crippen molar-refractivity contribution in [3.63, 3.8) is 0 Å². The lowest BCUT2D eigenvalue weighted by Crippen LogP contribution is -1.93. The molecule has 0 saturated carbocycles. The van der Waals surface area contributed by atoms with E-state index >= 15 is 0 Å². The zero-order valence-electron chi connectivity index (χ0n) is 22.3. The van der Waals surface area contributed by atoms with Gasteiger partial charge < -0.3 is 0 Å². The van der Waals surface area contributed by atoms with E-state index in [4.69, 9.17) is 0 Å². The summed E-state index contributed by atoms with van der Waals surface area (Å²) in [4.78, 5) is 0. The van der Waals surface area contributed by atoms with E-state index in [9.17, 15) is 0 Å². The molecule has 0 aliphatic carbocycles. The fraction of sp³-hybridized carbons (Fsp3) is 0. The van der Waals surface area contributed by atoms with Gasteiger partial charge in [-0.05, 0) is 95.0 Å². The molecule has 0 amide bonds. The highest BCUT2D eigenvalue weighted by molar-refractivity contribution is 6.17. The van der Waals surface area contributed by atoms with E-state index < -0.39 is 0 Å². The van der Waals surface area contributed by atoms with Crippen LogP contribution in [0.5, 0.6) is 0 Å². The number of benzene rings is 7. The minimum atomic E-state index is 1.11. The molecule has 0 heteroatoms. The monoisotopic (exact) mass is 508 g/mol. The van der Waals surface area contributed by atoms with Gasteiger partial charge in [0.1, 0.15) is 0 Å². The Kier molecular flexibility index (Phi) is 5.87. The van der Waals surface area contributed by atoms with Gasteiger partial charge in [-0.2, -0.15) is 0 Å². The highest BCUT2D eigenvalue weighted by Crippen LogP contribution is 2.41. The second-order valence-corrected chi connectivity index (χ2v) is 10.2. The molecule has 0 N–H and O–H groups in total. The zero-order chi connectivity index (χ0) is 27.1. The quantitative estimate of drug-likeness (QED) is 0.203. The molecule has 188 valence electrons. The summed E-state index contributed by atoms with van der Waals surface area (Å²) in [7, 11) is 0. The Morgan fingerprint density at radius 3 is 1.68 bits per heavy atom. The van der Waals surface area contributed by atoms with Crippen LogP contribution in [0.15, 0.2) is 147 Å². The lowest BCUT2D eigenvalue weighted by atomic mass is 9.85. The van der Waals surface area contributed by atoms with Crippen LogP contribution in [0, 0.1) is 0 Å². The molecule has 0 fully saturated rings. The minimum Gasteiger partial charge on any atom is -0.0984 e. The van der Waals surface area contributed by atoms with Gasteiger partial charge in [-0.25, -0.2) is 0 Å². The van der Waals surface area contributed by atoms with E-state index in [1.807, 2.05) is 12.2 Å². The molecule has 0 radical (unpaired) electrons. The van der Waals surface area contributed by atoms with Crippen molar-refractivity contribution in [1.82, 2.24) is 0 Å². The van der Waals surface area contributed by atoms with Gasteiger partial charge in [0.05, 0.1) is 0 Å². The van der Waals surface area contributed by atoms with Crippen LogP contribution in [-0.2, 0) is 0 Å². The smallest absolute Gasteiger partial charge is 0.00923 e. The lowest BCUT2D eigenvalue weighted by Gasteiger charge is -2.18. The van der Waals surface area contributed by atoms with Gasteiger partial charge in [0.25, 0.3) is 0 Å². The van der Waals surface area contributed by atoms with Crippen LogP contribution in [-0.4, -0.2) is 0 Å². The largest absolute Gasteiger partial charge is 0.0984 e. The highest BCUT2D eigenvalue weighted by atomic mass is 14.2. The van der Waals surface area contributed by atoms with E-state index in [1.54, 1.807) is 0 Å². The molecular formula is C40H28. The standard InChI is InChI=1S/C40H28/c1-3-33-34(4-2)39-26-38(30-21-18-28(19-22-30)32-23-20-27-12-8-9-15-31(27)24-32)35-16-10-11-17-36(35)40(39)25-37(33)29-13-6-5-7-14-29/h3-26H,1-2H2. The summed E-state index contributed by atoms with van der Waals surface area (Å²) in [6.07, 6.45) is 3.94. The normalized spacial score (nSPS) is 11.2. The van der Waals surface area contributed by atoms with Gasteiger partial charge in [-0.3, -0.25) is 0 Å². The van der Waals surface area contributed by atoms with Crippen molar-refractivity contribution >= 4 is 44.5 Å². The van der Waals surface area contributed by atoms with Crippen LogP contribution in [0.25, 0.3) is 77.9 Å². The first-order valence-electron chi connectivity index (χ1n) is 13.7. The maximum Gasteiger partial charge on any atom is -0.00923 e. The molecule has 0 aromatic heterocycles. The highest BCUT2D eigenvalue weighted by Gasteiger charge is 2.16. The Bertz CT molecular complexity index is 2060. The number of rotatable bonds is 5. The zero-order valence-corrected chi connectivity index (χ0v) is 22.3. The van der Waals surface area contributed by atoms with Gasteiger partial charge in [0, 0.05) is 0 Å². The molecule has 7 aromatic carbocycles. The Morgan fingerprint density at radius 2 is 0.925 bits per heavy atom. The fourth-order valence-electron chi connectivity index (χ4n) is 6.03. The van der Waals surface area contributed by atoms with Gasteiger partial charge in [-0.15, -0.1) is 0 Å². The second kappa shape index (κ2) is 9.84. The summed E-state index contributed by atoms with van der Waals surface area (Å²) in [6, 6.07) is 48.1. The molecule has 0 spiro atoms. The third kappa shape index (κ3) is 3.94. The summed E-state index contributed by atoms with van der Waals surface area (Å²) < 4.78 is 0. The van der Waals surface area contributed by atoms with Gasteiger partial charge in [-0.1, -0.05) is 141 Å². The summed E-state index contributed by atoms with van der Waals surface area (Å²) >= 11 is 0. The first-order valence-corrected chi connectivity index (χ1v) is 13.7. The van der Waals surface area contributed by atoms with E-state index in [-0.39, 0.29) is 0 Å². The van der Waals surface area contributed by atoms with Crippen LogP contribution >= 0.6 is 0 Å². The first kappa shape index (κ1) is 23.9. The Hall–Kier alpha value is -5.20. The third-order valence-electron chi connectivity index (χ3n) is 8.02. The Labute approximate surface area is 235 Å².